The topological polar surface area (TPSA) is 155 Å². The number of anilines is 3. The van der Waals surface area contributed by atoms with E-state index in [1.54, 1.807) is 19.1 Å². The van der Waals surface area contributed by atoms with Gasteiger partial charge in [-0.05, 0) is 36.5 Å². The summed E-state index contributed by atoms with van der Waals surface area (Å²) in [5.74, 6) is -0.985. The van der Waals surface area contributed by atoms with Crippen molar-refractivity contribution in [3.8, 4) is 0 Å². The number of aromatic nitrogens is 1. The zero-order valence-electron chi connectivity index (χ0n) is 16.7. The molecule has 0 atom stereocenters. The highest BCUT2D eigenvalue weighted by atomic mass is 32.1. The number of hydrogen-bond donors (Lipinski definition) is 4. The van der Waals surface area contributed by atoms with Crippen LogP contribution in [0.5, 0.6) is 0 Å². The van der Waals surface area contributed by atoms with Crippen LogP contribution < -0.4 is 21.3 Å². The van der Waals surface area contributed by atoms with Crippen LogP contribution in [-0.2, 0) is 9.59 Å². The maximum Gasteiger partial charge on any atom is 0.348 e. The van der Waals surface area contributed by atoms with Gasteiger partial charge in [0, 0.05) is 32.1 Å². The van der Waals surface area contributed by atoms with Gasteiger partial charge < -0.3 is 16.0 Å². The van der Waals surface area contributed by atoms with Gasteiger partial charge in [-0.2, -0.15) is 0 Å². The van der Waals surface area contributed by atoms with E-state index in [2.05, 4.69) is 26.3 Å². The molecule has 0 radical (unpaired) electrons. The Hall–Kier alpha value is -3.54. The number of carbonyl (C=O) groups is 3. The Morgan fingerprint density at radius 2 is 1.93 bits per heavy atom. The van der Waals surface area contributed by atoms with E-state index < -0.39 is 10.8 Å². The fraction of sp³-hybridized carbons (Fsp3) is 0.333. The monoisotopic (exact) mass is 434 g/mol. The lowest BCUT2D eigenvalue weighted by Crippen LogP contribution is -2.28. The van der Waals surface area contributed by atoms with Gasteiger partial charge in [0.1, 0.15) is 5.69 Å². The molecule has 3 amide bonds. The molecule has 1 aromatic heterocycles. The maximum atomic E-state index is 12.7. The fourth-order valence-corrected chi connectivity index (χ4v) is 3.23. The molecule has 12 heteroatoms. The van der Waals surface area contributed by atoms with E-state index in [1.807, 2.05) is 0 Å². The molecule has 0 saturated heterocycles. The van der Waals surface area contributed by atoms with Crippen molar-refractivity contribution in [2.45, 2.75) is 27.2 Å². The first kappa shape index (κ1) is 22.7. The molecule has 0 aliphatic rings. The molecule has 0 aliphatic heterocycles. The average Bonchev–Trinajstić information content (AvgIpc) is 3.04. The quantitative estimate of drug-likeness (QED) is 0.268. The summed E-state index contributed by atoms with van der Waals surface area (Å²) in [4.78, 5) is 49.8. The van der Waals surface area contributed by atoms with Crippen molar-refractivity contribution in [2.75, 3.05) is 29.0 Å². The summed E-state index contributed by atoms with van der Waals surface area (Å²) in [6.07, 6.45) is 0.401. The van der Waals surface area contributed by atoms with Crippen molar-refractivity contribution in [1.29, 1.82) is 0 Å². The lowest BCUT2D eigenvalue weighted by molar-refractivity contribution is -0.380. The highest BCUT2D eigenvalue weighted by Crippen LogP contribution is 2.30. The summed E-state index contributed by atoms with van der Waals surface area (Å²) in [5.41, 5.74) is 1.29. The lowest BCUT2D eigenvalue weighted by atomic mass is 10.1. The van der Waals surface area contributed by atoms with Crippen molar-refractivity contribution < 1.29 is 19.3 Å². The first-order valence-electron chi connectivity index (χ1n) is 9.06. The van der Waals surface area contributed by atoms with Crippen molar-refractivity contribution in [1.82, 2.24) is 10.3 Å². The number of aryl methyl sites for hydroxylation is 1. The Morgan fingerprint density at radius 1 is 1.20 bits per heavy atom. The smallest absolute Gasteiger partial charge is 0.348 e. The van der Waals surface area contributed by atoms with Crippen molar-refractivity contribution in [2.24, 2.45) is 0 Å². The van der Waals surface area contributed by atoms with Gasteiger partial charge in [-0.1, -0.05) is 6.92 Å². The molecule has 160 valence electrons. The minimum atomic E-state index is -0.566. The third kappa shape index (κ3) is 6.24. The number of thiazole rings is 1. The number of carbonyl (C=O) groups excluding carboxylic acids is 3. The van der Waals surface area contributed by atoms with Crippen LogP contribution in [0.4, 0.5) is 21.5 Å². The Kier molecular flexibility index (Phi) is 7.81. The van der Waals surface area contributed by atoms with Gasteiger partial charge >= 0.3 is 5.00 Å². The molecular formula is C18H22N6O5S. The summed E-state index contributed by atoms with van der Waals surface area (Å²) in [7, 11) is 0. The predicted molar refractivity (Wildman–Crippen MR) is 114 cm³/mol. The van der Waals surface area contributed by atoms with E-state index in [0.29, 0.717) is 25.2 Å². The zero-order chi connectivity index (χ0) is 22.3. The molecule has 2 rings (SSSR count). The van der Waals surface area contributed by atoms with Gasteiger partial charge in [0.2, 0.25) is 11.8 Å². The number of nitro groups is 1. The molecule has 0 saturated carbocycles. The van der Waals surface area contributed by atoms with Gasteiger partial charge in [-0.3, -0.25) is 29.8 Å². The Balaban J connectivity index is 2.14. The van der Waals surface area contributed by atoms with Crippen LogP contribution in [0.2, 0.25) is 0 Å². The van der Waals surface area contributed by atoms with E-state index >= 15 is 0 Å². The summed E-state index contributed by atoms with van der Waals surface area (Å²) < 4.78 is 0. The highest BCUT2D eigenvalue weighted by molar-refractivity contribution is 7.19. The minimum absolute atomic E-state index is 0.0552. The molecule has 0 unspecified atom stereocenters. The lowest BCUT2D eigenvalue weighted by Gasteiger charge is -2.13. The Morgan fingerprint density at radius 3 is 2.53 bits per heavy atom. The number of nitrogens with zero attached hydrogens (tertiary/aromatic N) is 2. The molecule has 4 N–H and O–H groups in total. The van der Waals surface area contributed by atoms with Gasteiger partial charge in [0.05, 0.1) is 16.2 Å². The van der Waals surface area contributed by atoms with E-state index in [1.165, 1.54) is 19.9 Å². The van der Waals surface area contributed by atoms with E-state index in [4.69, 9.17) is 0 Å². The van der Waals surface area contributed by atoms with Crippen LogP contribution in [0.1, 0.15) is 36.3 Å². The maximum absolute atomic E-state index is 12.7. The molecule has 1 aromatic carbocycles. The summed E-state index contributed by atoms with van der Waals surface area (Å²) in [6.45, 7) is 5.44. The zero-order valence-corrected chi connectivity index (χ0v) is 17.5. The molecule has 1 heterocycles. The molecule has 0 aliphatic carbocycles. The van der Waals surface area contributed by atoms with Crippen LogP contribution in [0.25, 0.3) is 0 Å². The van der Waals surface area contributed by atoms with Crippen LogP contribution in [0.15, 0.2) is 18.2 Å². The number of hydrogen-bond acceptors (Lipinski definition) is 8. The standard InChI is InChI=1S/C18H22N6O5S/c1-4-15(26)20-8-7-19-12-5-6-13(14(9-12)22-11(3)25)16(27)23-18-21-10(2)17(30-18)24(28)29/h5-6,9,19H,4,7-8H2,1-3H3,(H,20,26)(H,22,25)(H,21,23,27). The van der Waals surface area contributed by atoms with E-state index in [9.17, 15) is 24.5 Å². The predicted octanol–water partition coefficient (Wildman–Crippen LogP) is 2.51. The third-order valence-corrected chi connectivity index (χ3v) is 4.86. The second-order valence-electron chi connectivity index (χ2n) is 6.19. The summed E-state index contributed by atoms with van der Waals surface area (Å²) >= 11 is 0.755. The third-order valence-electron chi connectivity index (χ3n) is 3.83. The van der Waals surface area contributed by atoms with E-state index in [-0.39, 0.29) is 38.9 Å². The SMILES string of the molecule is CCC(=O)NCCNc1ccc(C(=O)Nc2nc(C)c([N+](=O)[O-])s2)c(NC(C)=O)c1. The minimum Gasteiger partial charge on any atom is -0.383 e. The molecule has 0 spiro atoms. The average molecular weight is 434 g/mol. The van der Waals surface area contributed by atoms with Crippen molar-refractivity contribution in [3.05, 3.63) is 39.6 Å². The molecule has 0 bridgehead atoms. The van der Waals surface area contributed by atoms with E-state index in [0.717, 1.165) is 11.3 Å². The molecule has 30 heavy (non-hydrogen) atoms. The van der Waals surface area contributed by atoms with Gasteiger partial charge in [-0.15, -0.1) is 0 Å². The second kappa shape index (κ2) is 10.3. The van der Waals surface area contributed by atoms with Crippen LogP contribution >= 0.6 is 11.3 Å². The number of amides is 3. The van der Waals surface area contributed by atoms with Gasteiger partial charge in [-0.25, -0.2) is 4.98 Å². The molecular weight excluding hydrogens is 412 g/mol. The number of rotatable bonds is 9. The highest BCUT2D eigenvalue weighted by Gasteiger charge is 2.20. The number of benzene rings is 1. The second-order valence-corrected chi connectivity index (χ2v) is 7.17. The van der Waals surface area contributed by atoms with Gasteiger partial charge in [0.25, 0.3) is 5.91 Å². The normalized spacial score (nSPS) is 10.2. The summed E-state index contributed by atoms with van der Waals surface area (Å²) in [5, 5.41) is 21.8. The first-order chi connectivity index (χ1) is 14.2. The van der Waals surface area contributed by atoms with Crippen LogP contribution in [-0.4, -0.2) is 40.7 Å². The summed E-state index contributed by atoms with van der Waals surface area (Å²) in [6, 6.07) is 4.76. The van der Waals surface area contributed by atoms with Gasteiger partial charge in [0.15, 0.2) is 5.13 Å². The number of nitrogens with one attached hydrogen (secondary N) is 4. The largest absolute Gasteiger partial charge is 0.383 e. The van der Waals surface area contributed by atoms with Crippen molar-refractivity contribution in [3.63, 3.8) is 0 Å². The molecule has 11 nitrogen and oxygen atoms in total. The Labute approximate surface area is 176 Å². The molecule has 0 fully saturated rings. The molecule has 2 aromatic rings. The first-order valence-corrected chi connectivity index (χ1v) is 9.88. The van der Waals surface area contributed by atoms with Crippen molar-refractivity contribution >= 4 is 50.6 Å². The van der Waals surface area contributed by atoms with Crippen LogP contribution in [0, 0.1) is 17.0 Å². The van der Waals surface area contributed by atoms with Crippen LogP contribution in [0.3, 0.4) is 0 Å². The fourth-order valence-electron chi connectivity index (χ4n) is 2.45. The Bertz CT molecular complexity index is 974.